The van der Waals surface area contributed by atoms with Gasteiger partial charge < -0.3 is 24.6 Å². The largest absolute Gasteiger partial charge is 0.504 e. The summed E-state index contributed by atoms with van der Waals surface area (Å²) in [5.41, 5.74) is 2.33. The lowest BCUT2D eigenvalue weighted by Gasteiger charge is -2.30. The number of nitrogens with one attached hydrogen (secondary N) is 1. The van der Waals surface area contributed by atoms with Crippen LogP contribution in [0.3, 0.4) is 0 Å². The van der Waals surface area contributed by atoms with Gasteiger partial charge in [-0.25, -0.2) is 9.59 Å². The lowest BCUT2D eigenvalue weighted by atomic mass is 9.80. The number of methoxy groups -OCH3 is 3. The van der Waals surface area contributed by atoms with Gasteiger partial charge in [0.2, 0.25) is 0 Å². The topological polar surface area (TPSA) is 94.1 Å². The summed E-state index contributed by atoms with van der Waals surface area (Å²) in [5, 5.41) is 12.9. The number of allylic oxidation sites excluding steroid dienone is 2. The van der Waals surface area contributed by atoms with Crippen molar-refractivity contribution in [2.45, 2.75) is 19.8 Å². The Bertz CT molecular complexity index is 740. The summed E-state index contributed by atoms with van der Waals surface area (Å²) >= 11 is 0. The first-order valence-corrected chi connectivity index (χ1v) is 7.57. The molecule has 0 aliphatic carbocycles. The Balaban J connectivity index is 2.72. The van der Waals surface area contributed by atoms with Crippen LogP contribution < -0.4 is 10.1 Å². The molecule has 1 heterocycles. The Hall–Kier alpha value is -2.96. The molecule has 0 fully saturated rings. The Morgan fingerprint density at radius 3 is 1.96 bits per heavy atom. The maximum Gasteiger partial charge on any atom is 0.336 e. The Morgan fingerprint density at radius 1 is 1.00 bits per heavy atom. The third-order valence-corrected chi connectivity index (χ3v) is 4.11. The van der Waals surface area contributed by atoms with Crippen LogP contribution in [0.5, 0.6) is 11.5 Å². The molecular formula is C18H21NO6. The standard InChI is InChI=1S/C18H21NO6/c1-9-14(17(21)24-4)16(15(10(2)19-9)18(22)25-5)11-6-7-12(20)13(8-11)23-3/h6-8,16,19-20H,1-5H3. The number of phenols is 1. The zero-order chi connectivity index (χ0) is 18.7. The second kappa shape index (κ2) is 7.29. The van der Waals surface area contributed by atoms with Crippen LogP contribution in [-0.2, 0) is 19.1 Å². The Labute approximate surface area is 145 Å². The molecule has 2 N–H and O–H groups in total. The highest BCUT2D eigenvalue weighted by Crippen LogP contribution is 2.41. The first kappa shape index (κ1) is 18.4. The quantitative estimate of drug-likeness (QED) is 0.804. The fourth-order valence-corrected chi connectivity index (χ4v) is 2.96. The van der Waals surface area contributed by atoms with Crippen LogP contribution in [-0.4, -0.2) is 38.4 Å². The van der Waals surface area contributed by atoms with Crippen molar-refractivity contribution in [3.05, 3.63) is 46.3 Å². The van der Waals surface area contributed by atoms with E-state index in [1.165, 1.54) is 27.4 Å². The smallest absolute Gasteiger partial charge is 0.336 e. The van der Waals surface area contributed by atoms with E-state index in [0.29, 0.717) is 28.1 Å². The van der Waals surface area contributed by atoms with E-state index in [4.69, 9.17) is 14.2 Å². The molecule has 1 aromatic rings. The molecule has 2 rings (SSSR count). The number of ether oxygens (including phenoxy) is 3. The van der Waals surface area contributed by atoms with Crippen LogP contribution in [0.2, 0.25) is 0 Å². The van der Waals surface area contributed by atoms with E-state index in [2.05, 4.69) is 5.32 Å². The molecule has 1 aliphatic rings. The molecule has 1 aliphatic heterocycles. The minimum absolute atomic E-state index is 0.0409. The molecule has 0 radical (unpaired) electrons. The number of benzene rings is 1. The third kappa shape index (κ3) is 3.31. The van der Waals surface area contributed by atoms with Crippen molar-refractivity contribution in [3.8, 4) is 11.5 Å². The van der Waals surface area contributed by atoms with E-state index in [1.54, 1.807) is 26.0 Å². The van der Waals surface area contributed by atoms with E-state index >= 15 is 0 Å². The number of esters is 2. The highest BCUT2D eigenvalue weighted by molar-refractivity contribution is 5.99. The lowest BCUT2D eigenvalue weighted by molar-refractivity contribution is -0.137. The number of rotatable bonds is 4. The van der Waals surface area contributed by atoms with Crippen LogP contribution in [0.4, 0.5) is 0 Å². The van der Waals surface area contributed by atoms with Gasteiger partial charge in [-0.3, -0.25) is 0 Å². The SMILES string of the molecule is COC(=O)C1=C(C)NC(C)=C(C(=O)OC)C1c1ccc(O)c(OC)c1. The summed E-state index contributed by atoms with van der Waals surface area (Å²) in [5.74, 6) is -1.64. The third-order valence-electron chi connectivity index (χ3n) is 4.11. The summed E-state index contributed by atoms with van der Waals surface area (Å²) in [6, 6.07) is 4.66. The van der Waals surface area contributed by atoms with Crippen molar-refractivity contribution in [1.29, 1.82) is 0 Å². The average molecular weight is 347 g/mol. The molecule has 0 amide bonds. The molecule has 0 unspecified atom stereocenters. The Morgan fingerprint density at radius 2 is 1.52 bits per heavy atom. The van der Waals surface area contributed by atoms with Crippen molar-refractivity contribution in [2.24, 2.45) is 0 Å². The van der Waals surface area contributed by atoms with Gasteiger partial charge in [0.15, 0.2) is 11.5 Å². The van der Waals surface area contributed by atoms with Gasteiger partial charge in [-0.2, -0.15) is 0 Å². The van der Waals surface area contributed by atoms with Gasteiger partial charge in [0.05, 0.1) is 38.4 Å². The maximum absolute atomic E-state index is 12.4. The molecule has 134 valence electrons. The van der Waals surface area contributed by atoms with Crippen molar-refractivity contribution in [1.82, 2.24) is 5.32 Å². The summed E-state index contributed by atoms with van der Waals surface area (Å²) in [7, 11) is 3.98. The number of dihydropyridines is 1. The van der Waals surface area contributed by atoms with E-state index in [0.717, 1.165) is 0 Å². The molecule has 0 bridgehead atoms. The zero-order valence-corrected chi connectivity index (χ0v) is 14.8. The predicted octanol–water partition coefficient (Wildman–Crippen LogP) is 1.98. The highest BCUT2D eigenvalue weighted by Gasteiger charge is 2.37. The number of hydrogen-bond donors (Lipinski definition) is 2. The van der Waals surface area contributed by atoms with Gasteiger partial charge in [-0.1, -0.05) is 6.07 Å². The zero-order valence-electron chi connectivity index (χ0n) is 14.8. The normalized spacial score (nSPS) is 14.9. The highest BCUT2D eigenvalue weighted by atomic mass is 16.5. The van der Waals surface area contributed by atoms with Crippen molar-refractivity contribution in [3.63, 3.8) is 0 Å². The first-order valence-electron chi connectivity index (χ1n) is 7.57. The van der Waals surface area contributed by atoms with Crippen molar-refractivity contribution >= 4 is 11.9 Å². The molecule has 1 aromatic carbocycles. The van der Waals surface area contributed by atoms with E-state index in [1.807, 2.05) is 0 Å². The van der Waals surface area contributed by atoms with Gasteiger partial charge in [0.1, 0.15) is 0 Å². The molecule has 0 aromatic heterocycles. The number of aromatic hydroxyl groups is 1. The Kier molecular flexibility index (Phi) is 5.36. The second-order valence-corrected chi connectivity index (χ2v) is 5.55. The first-order chi connectivity index (χ1) is 11.8. The van der Waals surface area contributed by atoms with Gasteiger partial charge in [-0.05, 0) is 31.5 Å². The van der Waals surface area contributed by atoms with Crippen molar-refractivity contribution < 1.29 is 28.9 Å². The molecule has 0 spiro atoms. The summed E-state index contributed by atoms with van der Waals surface area (Å²) in [6.07, 6.45) is 0. The summed E-state index contributed by atoms with van der Waals surface area (Å²) in [6.45, 7) is 3.46. The average Bonchev–Trinajstić information content (AvgIpc) is 2.60. The maximum atomic E-state index is 12.4. The molecule has 0 saturated carbocycles. The molecule has 0 saturated heterocycles. The van der Waals surface area contributed by atoms with E-state index < -0.39 is 17.9 Å². The van der Waals surface area contributed by atoms with Crippen LogP contribution in [0.25, 0.3) is 0 Å². The summed E-state index contributed by atoms with van der Waals surface area (Å²) in [4.78, 5) is 24.7. The number of carbonyl (C=O) groups excluding carboxylic acids is 2. The monoisotopic (exact) mass is 347 g/mol. The van der Waals surface area contributed by atoms with Crippen LogP contribution in [0.1, 0.15) is 25.3 Å². The molecular weight excluding hydrogens is 326 g/mol. The van der Waals surface area contributed by atoms with E-state index in [9.17, 15) is 14.7 Å². The molecule has 25 heavy (non-hydrogen) atoms. The van der Waals surface area contributed by atoms with Gasteiger partial charge in [0, 0.05) is 11.4 Å². The minimum Gasteiger partial charge on any atom is -0.504 e. The van der Waals surface area contributed by atoms with Gasteiger partial charge >= 0.3 is 11.9 Å². The summed E-state index contributed by atoms with van der Waals surface area (Å²) < 4.78 is 14.9. The fourth-order valence-electron chi connectivity index (χ4n) is 2.96. The van der Waals surface area contributed by atoms with E-state index in [-0.39, 0.29) is 11.5 Å². The molecule has 7 heteroatoms. The molecule has 0 atom stereocenters. The van der Waals surface area contributed by atoms with Gasteiger partial charge in [0.25, 0.3) is 0 Å². The van der Waals surface area contributed by atoms with Crippen LogP contribution in [0, 0.1) is 0 Å². The van der Waals surface area contributed by atoms with Gasteiger partial charge in [-0.15, -0.1) is 0 Å². The number of hydrogen-bond acceptors (Lipinski definition) is 7. The van der Waals surface area contributed by atoms with Crippen molar-refractivity contribution in [2.75, 3.05) is 21.3 Å². The number of phenolic OH excluding ortho intramolecular Hbond substituents is 1. The molecule has 7 nitrogen and oxygen atoms in total. The van der Waals surface area contributed by atoms with Crippen LogP contribution in [0.15, 0.2) is 40.7 Å². The number of carbonyl (C=O) groups is 2. The van der Waals surface area contributed by atoms with Crippen LogP contribution >= 0.6 is 0 Å². The second-order valence-electron chi connectivity index (χ2n) is 5.55. The minimum atomic E-state index is -0.712. The lowest BCUT2D eigenvalue weighted by Crippen LogP contribution is -2.32. The predicted molar refractivity (Wildman–Crippen MR) is 90.0 cm³/mol. The fraction of sp³-hybridized carbons (Fsp3) is 0.333.